The minimum absolute atomic E-state index is 0.0115. The van der Waals surface area contributed by atoms with Gasteiger partial charge in [0.1, 0.15) is 36.0 Å². The average Bonchev–Trinajstić information content (AvgIpc) is 3.50. The van der Waals surface area contributed by atoms with E-state index in [1.165, 1.54) is 6.33 Å². The number of hydrogen-bond donors (Lipinski definition) is 3. The van der Waals surface area contributed by atoms with Crippen LogP contribution in [0.25, 0.3) is 33.2 Å². The second-order valence-electron chi connectivity index (χ2n) is 12.5. The van der Waals surface area contributed by atoms with Crippen LogP contribution in [0.2, 0.25) is 5.02 Å². The number of nitrogens with one attached hydrogen (secondary N) is 1. The number of nitrogens with two attached hydrogens (primary N) is 1. The third-order valence-corrected chi connectivity index (χ3v) is 9.50. The topological polar surface area (TPSA) is 166 Å². The second-order valence-corrected chi connectivity index (χ2v) is 12.9. The summed E-state index contributed by atoms with van der Waals surface area (Å²) in [5.41, 5.74) is 9.98. The largest absolute Gasteiger partial charge is 0.508 e. The molecular weight excluding hydrogens is 670 g/mol. The molecule has 4 heterocycles. The number of aromatic hydroxyl groups is 1. The number of aromatic nitrogens is 6. The molecule has 51 heavy (non-hydrogen) atoms. The van der Waals surface area contributed by atoms with Crippen LogP contribution in [-0.2, 0) is 29.0 Å². The predicted molar refractivity (Wildman–Crippen MR) is 196 cm³/mol. The number of benzene rings is 3. The summed E-state index contributed by atoms with van der Waals surface area (Å²) in [6.45, 7) is 4.86. The maximum Gasteiger partial charge on any atom is 0.262 e. The van der Waals surface area contributed by atoms with E-state index in [2.05, 4.69) is 20.2 Å². The van der Waals surface area contributed by atoms with Crippen molar-refractivity contribution < 1.29 is 14.6 Å². The molecular formula is C37H38ClN9O4. The van der Waals surface area contributed by atoms with Gasteiger partial charge in [0.2, 0.25) is 5.91 Å². The molecule has 0 spiro atoms. The number of carbonyl (C=O) groups is 1. The van der Waals surface area contributed by atoms with E-state index in [9.17, 15) is 14.7 Å². The van der Waals surface area contributed by atoms with Crippen LogP contribution in [0.4, 0.5) is 5.82 Å². The van der Waals surface area contributed by atoms with Gasteiger partial charge in [-0.05, 0) is 60.4 Å². The molecule has 0 aliphatic carbocycles. The van der Waals surface area contributed by atoms with Crippen LogP contribution in [0.5, 0.6) is 5.75 Å². The van der Waals surface area contributed by atoms with E-state index in [0.29, 0.717) is 69.8 Å². The molecule has 3 aromatic heterocycles. The molecule has 0 bridgehead atoms. The zero-order valence-corrected chi connectivity index (χ0v) is 28.7. The number of ether oxygens (including phenoxy) is 1. The van der Waals surface area contributed by atoms with Gasteiger partial charge >= 0.3 is 0 Å². The molecule has 4 N–H and O–H groups in total. The minimum atomic E-state index is -0.218. The molecule has 0 atom stereocenters. The lowest BCUT2D eigenvalue weighted by Crippen LogP contribution is -2.41. The van der Waals surface area contributed by atoms with E-state index in [4.69, 9.17) is 32.2 Å². The van der Waals surface area contributed by atoms with Crippen LogP contribution in [0.1, 0.15) is 29.8 Å². The number of rotatable bonds is 12. The summed E-state index contributed by atoms with van der Waals surface area (Å²) in [4.78, 5) is 43.2. The fourth-order valence-corrected chi connectivity index (χ4v) is 6.66. The summed E-state index contributed by atoms with van der Waals surface area (Å²) in [6.07, 6.45) is 2.83. The first-order chi connectivity index (χ1) is 24.9. The SMILES string of the molecule is Nc1ncnc2c1c(-c1ccc(O)cc1)nn2Cc1nc2cccc(CCCC(=O)NCCN3CCOCC3)c2c(=O)n1Cc1ccccc1Cl. The molecule has 1 saturated heterocycles. The number of morpholine rings is 1. The number of nitrogens with zero attached hydrogens (tertiary/aromatic N) is 7. The van der Waals surface area contributed by atoms with Crippen molar-refractivity contribution in [2.24, 2.45) is 0 Å². The summed E-state index contributed by atoms with van der Waals surface area (Å²) in [5.74, 6) is 0.813. The number of amides is 1. The molecule has 3 aromatic carbocycles. The molecule has 0 radical (unpaired) electrons. The van der Waals surface area contributed by atoms with Crippen LogP contribution in [0, 0.1) is 0 Å². The van der Waals surface area contributed by atoms with Crippen LogP contribution in [-0.4, -0.2) is 84.6 Å². The maximum atomic E-state index is 14.5. The Morgan fingerprint density at radius 1 is 0.961 bits per heavy atom. The van der Waals surface area contributed by atoms with Gasteiger partial charge in [-0.1, -0.05) is 41.9 Å². The summed E-state index contributed by atoms with van der Waals surface area (Å²) >= 11 is 6.60. The van der Waals surface area contributed by atoms with Crippen LogP contribution < -0.4 is 16.6 Å². The normalized spacial score (nSPS) is 13.6. The van der Waals surface area contributed by atoms with Crippen molar-refractivity contribution in [1.82, 2.24) is 39.5 Å². The van der Waals surface area contributed by atoms with Crippen LogP contribution >= 0.6 is 11.6 Å². The molecule has 13 nitrogen and oxygen atoms in total. The van der Waals surface area contributed by atoms with Crippen molar-refractivity contribution in [2.45, 2.75) is 32.4 Å². The summed E-state index contributed by atoms with van der Waals surface area (Å²) in [7, 11) is 0. The highest BCUT2D eigenvalue weighted by Gasteiger charge is 2.21. The number of carbonyl (C=O) groups excluding carboxylic acids is 1. The Bertz CT molecular complexity index is 2250. The molecule has 1 aliphatic heterocycles. The third kappa shape index (κ3) is 7.55. The molecule has 262 valence electrons. The third-order valence-electron chi connectivity index (χ3n) is 9.13. The summed E-state index contributed by atoms with van der Waals surface area (Å²) in [6, 6.07) is 19.7. The smallest absolute Gasteiger partial charge is 0.262 e. The number of halogens is 1. The lowest BCUT2D eigenvalue weighted by atomic mass is 10.0. The second kappa shape index (κ2) is 15.3. The Kier molecular flexibility index (Phi) is 10.2. The van der Waals surface area contributed by atoms with Crippen molar-refractivity contribution in [1.29, 1.82) is 0 Å². The Balaban J connectivity index is 1.20. The molecule has 0 saturated carbocycles. The standard InChI is InChI=1S/C37H38ClN9O4/c38-28-8-2-1-5-26(28)21-46-30(22-47-36-33(35(39)41-23-42-36)34(44-47)25-11-13-27(48)14-12-25)43-29-9-3-6-24(32(29)37(46)50)7-4-10-31(49)40-15-16-45-17-19-51-20-18-45/h1-3,5-6,8-9,11-14,23,48H,4,7,10,15-22H2,(H,40,49)(H2,39,41,42). The Labute approximate surface area is 298 Å². The fourth-order valence-electron chi connectivity index (χ4n) is 6.47. The van der Waals surface area contributed by atoms with Gasteiger partial charge < -0.3 is 20.9 Å². The number of anilines is 1. The first-order valence-corrected chi connectivity index (χ1v) is 17.3. The first kappa shape index (κ1) is 34.1. The highest BCUT2D eigenvalue weighted by atomic mass is 35.5. The molecule has 0 unspecified atom stereocenters. The van der Waals surface area contributed by atoms with E-state index in [1.54, 1.807) is 39.6 Å². The van der Waals surface area contributed by atoms with Crippen molar-refractivity contribution >= 4 is 45.3 Å². The number of hydrogen-bond acceptors (Lipinski definition) is 10. The van der Waals surface area contributed by atoms with Crippen molar-refractivity contribution in [2.75, 3.05) is 45.1 Å². The highest BCUT2D eigenvalue weighted by Crippen LogP contribution is 2.31. The van der Waals surface area contributed by atoms with E-state index < -0.39 is 0 Å². The zero-order valence-electron chi connectivity index (χ0n) is 28.0. The molecule has 1 fully saturated rings. The van der Waals surface area contributed by atoms with Gasteiger partial charge in [-0.3, -0.25) is 19.1 Å². The van der Waals surface area contributed by atoms with Gasteiger partial charge in [0, 0.05) is 43.2 Å². The highest BCUT2D eigenvalue weighted by molar-refractivity contribution is 6.31. The van der Waals surface area contributed by atoms with Crippen molar-refractivity contribution in [3.8, 4) is 17.0 Å². The van der Waals surface area contributed by atoms with E-state index >= 15 is 0 Å². The first-order valence-electron chi connectivity index (χ1n) is 16.9. The van der Waals surface area contributed by atoms with E-state index in [-0.39, 0.29) is 36.1 Å². The fraction of sp³-hybridized carbons (Fsp3) is 0.297. The number of aryl methyl sites for hydroxylation is 1. The van der Waals surface area contributed by atoms with E-state index in [0.717, 1.165) is 44.0 Å². The predicted octanol–water partition coefficient (Wildman–Crippen LogP) is 4.01. The van der Waals surface area contributed by atoms with Gasteiger partial charge in [-0.2, -0.15) is 5.10 Å². The molecule has 6 aromatic rings. The molecule has 1 aliphatic rings. The lowest BCUT2D eigenvalue weighted by Gasteiger charge is -2.26. The van der Waals surface area contributed by atoms with Gasteiger partial charge in [-0.25, -0.2) is 19.6 Å². The van der Waals surface area contributed by atoms with Gasteiger partial charge in [0.05, 0.1) is 36.0 Å². The van der Waals surface area contributed by atoms with Crippen molar-refractivity contribution in [3.63, 3.8) is 0 Å². The minimum Gasteiger partial charge on any atom is -0.508 e. The summed E-state index contributed by atoms with van der Waals surface area (Å²) < 4.78 is 8.68. The Morgan fingerprint density at radius 2 is 1.75 bits per heavy atom. The monoisotopic (exact) mass is 707 g/mol. The molecule has 7 rings (SSSR count). The van der Waals surface area contributed by atoms with Crippen molar-refractivity contribution in [3.05, 3.63) is 105 Å². The summed E-state index contributed by atoms with van der Waals surface area (Å²) in [5, 5.41) is 19.3. The number of phenols is 1. The van der Waals surface area contributed by atoms with Gasteiger partial charge in [0.15, 0.2) is 5.65 Å². The number of fused-ring (bicyclic) bond motifs is 2. The Hall–Kier alpha value is -5.37. The maximum absolute atomic E-state index is 14.5. The lowest BCUT2D eigenvalue weighted by molar-refractivity contribution is -0.121. The Morgan fingerprint density at radius 3 is 2.55 bits per heavy atom. The van der Waals surface area contributed by atoms with Crippen LogP contribution in [0.3, 0.4) is 0 Å². The van der Waals surface area contributed by atoms with Gasteiger partial charge in [-0.15, -0.1) is 0 Å². The average molecular weight is 708 g/mol. The molecule has 14 heteroatoms. The van der Waals surface area contributed by atoms with Gasteiger partial charge in [0.25, 0.3) is 5.56 Å². The molecule has 1 amide bonds. The van der Waals surface area contributed by atoms with Crippen LogP contribution in [0.15, 0.2) is 77.9 Å². The quantitative estimate of drug-likeness (QED) is 0.169. The zero-order chi connectivity index (χ0) is 35.3. The number of nitrogen functional groups attached to an aromatic ring is 1. The van der Waals surface area contributed by atoms with E-state index in [1.807, 2.05) is 36.4 Å². The number of phenolic OH excluding ortho intramolecular Hbond substituents is 1.